The monoisotopic (exact) mass is 523 g/mol. The van der Waals surface area contributed by atoms with E-state index in [0.717, 1.165) is 37.1 Å². The lowest BCUT2D eigenvalue weighted by Crippen LogP contribution is -2.51. The highest BCUT2D eigenvalue weighted by molar-refractivity contribution is 7.92. The summed E-state index contributed by atoms with van der Waals surface area (Å²) >= 11 is 0. The van der Waals surface area contributed by atoms with Crippen LogP contribution in [-0.4, -0.2) is 50.9 Å². The zero-order valence-corrected chi connectivity index (χ0v) is 21.9. The van der Waals surface area contributed by atoms with Crippen molar-refractivity contribution in [3.05, 3.63) is 102 Å². The Morgan fingerprint density at radius 1 is 0.946 bits per heavy atom. The van der Waals surface area contributed by atoms with Crippen LogP contribution >= 0.6 is 0 Å². The molecule has 3 aromatic rings. The molecule has 0 spiro atoms. The first-order valence-electron chi connectivity index (χ1n) is 12.7. The summed E-state index contributed by atoms with van der Waals surface area (Å²) in [6, 6.07) is 24.5. The fraction of sp³-hybridized carbons (Fsp3) is 0.345. The maximum Gasteiger partial charge on any atom is 0.239 e. The fourth-order valence-corrected chi connectivity index (χ4v) is 6.40. The molecule has 1 fully saturated rings. The molecule has 0 aliphatic carbocycles. The Hall–Kier alpha value is -3.23. The van der Waals surface area contributed by atoms with Crippen molar-refractivity contribution in [2.24, 2.45) is 0 Å². The van der Waals surface area contributed by atoms with Crippen LogP contribution in [0.15, 0.2) is 84.9 Å². The number of anilines is 1. The molecule has 1 N–H and O–H groups in total. The first kappa shape index (κ1) is 26.8. The Kier molecular flexibility index (Phi) is 8.95. The van der Waals surface area contributed by atoms with Gasteiger partial charge in [-0.05, 0) is 55.2 Å². The second-order valence-corrected chi connectivity index (χ2v) is 11.5. The van der Waals surface area contributed by atoms with Crippen molar-refractivity contribution >= 4 is 21.6 Å². The van der Waals surface area contributed by atoms with Crippen molar-refractivity contribution in [3.8, 4) is 0 Å². The van der Waals surface area contributed by atoms with E-state index in [2.05, 4.69) is 17.1 Å². The molecule has 1 saturated heterocycles. The number of sulfonamides is 1. The van der Waals surface area contributed by atoms with Crippen LogP contribution in [0.25, 0.3) is 0 Å². The van der Waals surface area contributed by atoms with E-state index in [9.17, 15) is 17.6 Å². The molecule has 6 nitrogen and oxygen atoms in total. The number of likely N-dealkylation sites (tertiary alicyclic amines) is 1. The first-order chi connectivity index (χ1) is 17.8. The van der Waals surface area contributed by atoms with Crippen molar-refractivity contribution in [1.29, 1.82) is 0 Å². The lowest BCUT2D eigenvalue weighted by atomic mass is 10.0. The Bertz CT molecular complexity index is 1250. The summed E-state index contributed by atoms with van der Waals surface area (Å²) in [4.78, 5) is 14.7. The van der Waals surface area contributed by atoms with Gasteiger partial charge < -0.3 is 5.32 Å². The average Bonchev–Trinajstić information content (AvgIpc) is 2.89. The van der Waals surface area contributed by atoms with Gasteiger partial charge in [0.15, 0.2) is 0 Å². The molecule has 1 heterocycles. The van der Waals surface area contributed by atoms with Crippen molar-refractivity contribution < 1.29 is 17.6 Å². The van der Waals surface area contributed by atoms with E-state index >= 15 is 0 Å². The predicted octanol–water partition coefficient (Wildman–Crippen LogP) is 4.37. The summed E-state index contributed by atoms with van der Waals surface area (Å²) in [6.45, 7) is 3.94. The number of amides is 1. The van der Waals surface area contributed by atoms with Gasteiger partial charge in [-0.15, -0.1) is 0 Å². The summed E-state index contributed by atoms with van der Waals surface area (Å²) < 4.78 is 41.6. The Balaban J connectivity index is 1.35. The highest BCUT2D eigenvalue weighted by Gasteiger charge is 2.29. The highest BCUT2D eigenvalue weighted by atomic mass is 32.2. The van der Waals surface area contributed by atoms with E-state index < -0.39 is 10.0 Å². The lowest BCUT2D eigenvalue weighted by molar-refractivity contribution is -0.121. The third kappa shape index (κ3) is 7.63. The molecule has 0 radical (unpaired) electrons. The molecule has 3 aromatic carbocycles. The molecule has 4 rings (SSSR count). The van der Waals surface area contributed by atoms with Crippen LogP contribution in [0.3, 0.4) is 0 Å². The summed E-state index contributed by atoms with van der Waals surface area (Å²) in [5.41, 5.74) is 2.20. The number of piperidine rings is 1. The summed E-state index contributed by atoms with van der Waals surface area (Å²) in [5, 5.41) is 3.09. The van der Waals surface area contributed by atoms with E-state index in [1.807, 2.05) is 60.7 Å². The number of halogens is 1. The van der Waals surface area contributed by atoms with E-state index in [1.54, 1.807) is 12.1 Å². The first-order valence-corrected chi connectivity index (χ1v) is 14.3. The Labute approximate surface area is 219 Å². The minimum Gasteiger partial charge on any atom is -0.353 e. The topological polar surface area (TPSA) is 69.7 Å². The van der Waals surface area contributed by atoms with Crippen molar-refractivity contribution in [3.63, 3.8) is 0 Å². The molecular weight excluding hydrogens is 489 g/mol. The van der Waals surface area contributed by atoms with Crippen LogP contribution in [-0.2, 0) is 27.0 Å². The number of para-hydroxylation sites is 1. The standard InChI is InChI=1S/C29H34FN3O3S/c1-23(32-18-16-27(17-19-32)31-29(34)20-24-12-14-26(30)15-13-24)21-33(28-10-6-3-7-11-28)37(35,36)22-25-8-4-2-5-9-25/h2-15,23,27H,16-22H2,1H3,(H,31,34). The molecule has 0 aromatic heterocycles. The van der Waals surface area contributed by atoms with Gasteiger partial charge in [-0.25, -0.2) is 12.8 Å². The third-order valence-corrected chi connectivity index (χ3v) is 8.53. The molecule has 37 heavy (non-hydrogen) atoms. The van der Waals surface area contributed by atoms with Gasteiger partial charge in [0.1, 0.15) is 5.82 Å². The van der Waals surface area contributed by atoms with Crippen molar-refractivity contribution in [1.82, 2.24) is 10.2 Å². The zero-order valence-electron chi connectivity index (χ0n) is 21.1. The van der Waals surface area contributed by atoms with E-state index in [0.29, 0.717) is 12.2 Å². The number of rotatable bonds is 10. The minimum absolute atomic E-state index is 0.00150. The van der Waals surface area contributed by atoms with Gasteiger partial charge >= 0.3 is 0 Å². The summed E-state index contributed by atoms with van der Waals surface area (Å²) in [6.07, 6.45) is 1.81. The number of carbonyl (C=O) groups is 1. The summed E-state index contributed by atoms with van der Waals surface area (Å²) in [7, 11) is -3.60. The van der Waals surface area contributed by atoms with Crippen LogP contribution in [0.5, 0.6) is 0 Å². The van der Waals surface area contributed by atoms with Gasteiger partial charge in [0, 0.05) is 31.7 Å². The quantitative estimate of drug-likeness (QED) is 0.428. The van der Waals surface area contributed by atoms with Crippen LogP contribution in [0.4, 0.5) is 10.1 Å². The molecule has 1 aliphatic heterocycles. The molecule has 196 valence electrons. The number of nitrogens with zero attached hydrogens (tertiary/aromatic N) is 2. The molecule has 1 amide bonds. The maximum atomic E-state index is 13.5. The van der Waals surface area contributed by atoms with E-state index in [1.165, 1.54) is 16.4 Å². The normalized spacial score (nSPS) is 15.7. The average molecular weight is 524 g/mol. The van der Waals surface area contributed by atoms with Gasteiger partial charge in [-0.3, -0.25) is 14.0 Å². The molecule has 0 saturated carbocycles. The molecule has 8 heteroatoms. The largest absolute Gasteiger partial charge is 0.353 e. The predicted molar refractivity (Wildman–Crippen MR) is 145 cm³/mol. The zero-order chi connectivity index (χ0) is 26.3. The van der Waals surface area contributed by atoms with Gasteiger partial charge in [0.05, 0.1) is 17.9 Å². The van der Waals surface area contributed by atoms with Crippen LogP contribution < -0.4 is 9.62 Å². The maximum absolute atomic E-state index is 13.5. The number of nitrogens with one attached hydrogen (secondary N) is 1. The Morgan fingerprint density at radius 3 is 2.16 bits per heavy atom. The number of hydrogen-bond donors (Lipinski definition) is 1. The minimum atomic E-state index is -3.60. The smallest absolute Gasteiger partial charge is 0.239 e. The molecule has 1 aliphatic rings. The molecule has 0 bridgehead atoms. The van der Waals surface area contributed by atoms with E-state index in [4.69, 9.17) is 0 Å². The van der Waals surface area contributed by atoms with Crippen LogP contribution in [0.2, 0.25) is 0 Å². The second kappa shape index (κ2) is 12.3. The van der Waals surface area contributed by atoms with Crippen molar-refractivity contribution in [2.45, 2.75) is 44.0 Å². The molecule has 1 unspecified atom stereocenters. The Morgan fingerprint density at radius 2 is 1.54 bits per heavy atom. The highest BCUT2D eigenvalue weighted by Crippen LogP contribution is 2.23. The molecular formula is C29H34FN3O3S. The number of hydrogen-bond acceptors (Lipinski definition) is 4. The van der Waals surface area contributed by atoms with Crippen molar-refractivity contribution in [2.75, 3.05) is 23.9 Å². The van der Waals surface area contributed by atoms with Gasteiger partial charge in [-0.1, -0.05) is 60.7 Å². The van der Waals surface area contributed by atoms with E-state index in [-0.39, 0.29) is 36.0 Å². The second-order valence-electron chi connectivity index (χ2n) is 9.64. The van der Waals surface area contributed by atoms with Crippen LogP contribution in [0, 0.1) is 5.82 Å². The molecule has 1 atom stereocenters. The number of carbonyl (C=O) groups excluding carboxylic acids is 1. The fourth-order valence-electron chi connectivity index (χ4n) is 4.74. The lowest BCUT2D eigenvalue weighted by Gasteiger charge is -2.38. The van der Waals surface area contributed by atoms with Crippen LogP contribution in [0.1, 0.15) is 30.9 Å². The van der Waals surface area contributed by atoms with Gasteiger partial charge in [0.25, 0.3) is 0 Å². The number of benzene rings is 3. The van der Waals surface area contributed by atoms with Gasteiger partial charge in [0.2, 0.25) is 15.9 Å². The SMILES string of the molecule is CC(CN(c1ccccc1)S(=O)(=O)Cc1ccccc1)N1CCC(NC(=O)Cc2ccc(F)cc2)CC1. The van der Waals surface area contributed by atoms with Gasteiger partial charge in [-0.2, -0.15) is 0 Å². The third-order valence-electron chi connectivity index (χ3n) is 6.80. The summed E-state index contributed by atoms with van der Waals surface area (Å²) in [5.74, 6) is -0.442.